The maximum Gasteiger partial charge on any atom is 0.267 e. The van der Waals surface area contributed by atoms with Gasteiger partial charge in [-0.1, -0.05) is 36.0 Å². The zero-order chi connectivity index (χ0) is 20.4. The maximum absolute atomic E-state index is 13.6. The van der Waals surface area contributed by atoms with E-state index in [1.54, 1.807) is 22.0 Å². The minimum Gasteiger partial charge on any atom is -0.352 e. The summed E-state index contributed by atoms with van der Waals surface area (Å²) < 4.78 is 1.66. The molecule has 5 nitrogen and oxygen atoms in total. The highest BCUT2D eigenvalue weighted by molar-refractivity contribution is 8.00. The molecule has 150 valence electrons. The first-order chi connectivity index (χ1) is 14.1. The molecule has 0 bridgehead atoms. The Balaban J connectivity index is 1.85. The average molecular weight is 426 g/mol. The van der Waals surface area contributed by atoms with Crippen LogP contribution in [0.5, 0.6) is 0 Å². The minimum atomic E-state index is -0.385. The Morgan fingerprint density at radius 1 is 1.34 bits per heavy atom. The van der Waals surface area contributed by atoms with Gasteiger partial charge >= 0.3 is 0 Å². The zero-order valence-corrected chi connectivity index (χ0v) is 17.9. The molecule has 29 heavy (non-hydrogen) atoms. The third-order valence-electron chi connectivity index (χ3n) is 5.04. The fourth-order valence-electron chi connectivity index (χ4n) is 3.60. The molecule has 1 amide bonds. The number of hydrogen-bond acceptors (Lipinski definition) is 5. The lowest BCUT2D eigenvalue weighted by Crippen LogP contribution is -2.32. The van der Waals surface area contributed by atoms with E-state index in [-0.39, 0.29) is 16.7 Å². The Hall–Kier alpha value is -2.38. The van der Waals surface area contributed by atoms with Crippen molar-refractivity contribution in [2.24, 2.45) is 0 Å². The molecule has 1 aromatic carbocycles. The highest BCUT2D eigenvalue weighted by Crippen LogP contribution is 2.35. The van der Waals surface area contributed by atoms with E-state index in [9.17, 15) is 9.59 Å². The lowest BCUT2D eigenvalue weighted by molar-refractivity contribution is -0.120. The number of nitrogens with zero attached hydrogens (tertiary/aromatic N) is 2. The predicted molar refractivity (Wildman–Crippen MR) is 120 cm³/mol. The molecule has 3 aromatic rings. The topological polar surface area (TPSA) is 64.0 Å². The predicted octanol–water partition coefficient (Wildman–Crippen LogP) is 4.11. The number of benzene rings is 1. The summed E-state index contributed by atoms with van der Waals surface area (Å²) in [4.78, 5) is 32.9. The van der Waals surface area contributed by atoms with Gasteiger partial charge < -0.3 is 5.32 Å². The molecule has 2 aromatic heterocycles. The van der Waals surface area contributed by atoms with Crippen molar-refractivity contribution in [1.29, 1.82) is 0 Å². The van der Waals surface area contributed by atoms with E-state index in [1.807, 2.05) is 37.3 Å². The fourth-order valence-corrected chi connectivity index (χ4v) is 5.85. The number of thioether (sulfide) groups is 1. The Morgan fingerprint density at radius 2 is 2.10 bits per heavy atom. The van der Waals surface area contributed by atoms with Gasteiger partial charge in [-0.15, -0.1) is 17.9 Å². The lowest BCUT2D eigenvalue weighted by atomic mass is 9.97. The second kappa shape index (κ2) is 8.55. The van der Waals surface area contributed by atoms with Crippen LogP contribution in [0, 0.1) is 0 Å². The van der Waals surface area contributed by atoms with Crippen molar-refractivity contribution in [3.63, 3.8) is 0 Å². The van der Waals surface area contributed by atoms with Gasteiger partial charge in [0.05, 0.1) is 16.3 Å². The van der Waals surface area contributed by atoms with Crippen molar-refractivity contribution in [2.45, 2.75) is 43.0 Å². The number of rotatable bonds is 6. The Bertz CT molecular complexity index is 1120. The number of amides is 1. The second-order valence-corrected chi connectivity index (χ2v) is 9.45. The van der Waals surface area contributed by atoms with Gasteiger partial charge in [0.15, 0.2) is 5.16 Å². The standard InChI is InChI=1S/C22H23N3O2S2/c1-3-13-23-19(26)14(2)28-22-24-20-18(16-11-7-8-12-17(16)29-20)21(27)25(22)15-9-5-4-6-10-15/h3-6,9-10,14H,1,7-8,11-13H2,2H3,(H,23,26). The maximum atomic E-state index is 13.6. The number of fused-ring (bicyclic) bond motifs is 3. The number of carbonyl (C=O) groups excluding carboxylic acids is 1. The average Bonchev–Trinajstić information content (AvgIpc) is 3.11. The third-order valence-corrected chi connectivity index (χ3v) is 7.28. The molecule has 0 saturated carbocycles. The summed E-state index contributed by atoms with van der Waals surface area (Å²) in [6.45, 7) is 5.87. The Kier molecular flexibility index (Phi) is 5.87. The first-order valence-electron chi connectivity index (χ1n) is 9.78. The molecule has 1 aliphatic carbocycles. The molecule has 0 radical (unpaired) electrons. The quantitative estimate of drug-likeness (QED) is 0.367. The van der Waals surface area contributed by atoms with Crippen LogP contribution in [0.15, 0.2) is 52.9 Å². The number of hydrogen-bond donors (Lipinski definition) is 1. The van der Waals surface area contributed by atoms with Gasteiger partial charge in [0.2, 0.25) is 5.91 Å². The minimum absolute atomic E-state index is 0.0400. The fraction of sp³-hybridized carbons (Fsp3) is 0.318. The number of aryl methyl sites for hydroxylation is 2. The normalized spacial score (nSPS) is 14.4. The first kappa shape index (κ1) is 19.9. The molecule has 1 atom stereocenters. The molecule has 0 saturated heterocycles. The molecular formula is C22H23N3O2S2. The van der Waals surface area contributed by atoms with Crippen molar-refractivity contribution < 1.29 is 4.79 Å². The Morgan fingerprint density at radius 3 is 2.86 bits per heavy atom. The molecule has 1 N–H and O–H groups in total. The van der Waals surface area contributed by atoms with Gasteiger partial charge in [0, 0.05) is 11.4 Å². The Labute approximate surface area is 177 Å². The van der Waals surface area contributed by atoms with Crippen molar-refractivity contribution in [2.75, 3.05) is 6.54 Å². The summed E-state index contributed by atoms with van der Waals surface area (Å²) in [7, 11) is 0. The SMILES string of the molecule is C=CCNC(=O)C(C)Sc1nc2sc3c(c2c(=O)n1-c1ccccc1)CCCC3. The number of carbonyl (C=O) groups is 1. The highest BCUT2D eigenvalue weighted by atomic mass is 32.2. The molecular weight excluding hydrogens is 402 g/mol. The summed E-state index contributed by atoms with van der Waals surface area (Å²) in [5, 5.41) is 3.73. The van der Waals surface area contributed by atoms with Crippen LogP contribution >= 0.6 is 23.1 Å². The largest absolute Gasteiger partial charge is 0.352 e. The van der Waals surface area contributed by atoms with Crippen LogP contribution in [0.2, 0.25) is 0 Å². The number of aromatic nitrogens is 2. The highest BCUT2D eigenvalue weighted by Gasteiger charge is 2.24. The van der Waals surface area contributed by atoms with Gasteiger partial charge in [-0.05, 0) is 50.3 Å². The monoisotopic (exact) mass is 425 g/mol. The van der Waals surface area contributed by atoms with Gasteiger partial charge in [-0.25, -0.2) is 4.98 Å². The van der Waals surface area contributed by atoms with Crippen molar-refractivity contribution in [3.8, 4) is 5.69 Å². The zero-order valence-electron chi connectivity index (χ0n) is 16.3. The van der Waals surface area contributed by atoms with Crippen molar-refractivity contribution in [1.82, 2.24) is 14.9 Å². The van der Waals surface area contributed by atoms with Gasteiger partial charge in [-0.3, -0.25) is 14.2 Å². The molecule has 0 spiro atoms. The van der Waals surface area contributed by atoms with E-state index in [4.69, 9.17) is 4.98 Å². The molecule has 4 rings (SSSR count). The molecule has 7 heteroatoms. The van der Waals surface area contributed by atoms with Crippen LogP contribution in [-0.4, -0.2) is 27.3 Å². The van der Waals surface area contributed by atoms with E-state index < -0.39 is 0 Å². The molecule has 0 fully saturated rings. The van der Waals surface area contributed by atoms with E-state index in [2.05, 4.69) is 11.9 Å². The van der Waals surface area contributed by atoms with Crippen molar-refractivity contribution >= 4 is 39.2 Å². The summed E-state index contributed by atoms with van der Waals surface area (Å²) in [5.74, 6) is -0.102. The molecule has 0 aliphatic heterocycles. The van der Waals surface area contributed by atoms with Crippen molar-refractivity contribution in [3.05, 3.63) is 63.8 Å². The van der Waals surface area contributed by atoms with Gasteiger partial charge in [0.25, 0.3) is 5.56 Å². The summed E-state index contributed by atoms with van der Waals surface area (Å²) in [5.41, 5.74) is 1.90. The number of thiophene rings is 1. The first-order valence-corrected chi connectivity index (χ1v) is 11.5. The summed E-state index contributed by atoms with van der Waals surface area (Å²) >= 11 is 2.94. The second-order valence-electron chi connectivity index (χ2n) is 7.06. The van der Waals surface area contributed by atoms with E-state index in [1.165, 1.54) is 22.2 Å². The smallest absolute Gasteiger partial charge is 0.267 e. The van der Waals surface area contributed by atoms with Crippen LogP contribution in [0.4, 0.5) is 0 Å². The molecule has 2 heterocycles. The van der Waals surface area contributed by atoms with E-state index in [0.717, 1.165) is 41.6 Å². The molecule has 1 aliphatic rings. The van der Waals surface area contributed by atoms with Crippen LogP contribution in [-0.2, 0) is 17.6 Å². The van der Waals surface area contributed by atoms with Crippen LogP contribution in [0.25, 0.3) is 15.9 Å². The van der Waals surface area contributed by atoms with Gasteiger partial charge in [-0.2, -0.15) is 0 Å². The molecule has 1 unspecified atom stereocenters. The number of para-hydroxylation sites is 1. The van der Waals surface area contributed by atoms with E-state index >= 15 is 0 Å². The van der Waals surface area contributed by atoms with Crippen LogP contribution < -0.4 is 10.9 Å². The van der Waals surface area contributed by atoms with E-state index in [0.29, 0.717) is 11.7 Å². The van der Waals surface area contributed by atoms with Crippen LogP contribution in [0.3, 0.4) is 0 Å². The summed E-state index contributed by atoms with van der Waals surface area (Å²) in [6.07, 6.45) is 5.88. The summed E-state index contributed by atoms with van der Waals surface area (Å²) in [6, 6.07) is 9.54. The number of nitrogens with one attached hydrogen (secondary N) is 1. The third kappa shape index (κ3) is 3.89. The lowest BCUT2D eigenvalue weighted by Gasteiger charge is -2.16. The van der Waals surface area contributed by atoms with Crippen LogP contribution in [0.1, 0.15) is 30.2 Å². The van der Waals surface area contributed by atoms with Gasteiger partial charge in [0.1, 0.15) is 4.83 Å².